The van der Waals surface area contributed by atoms with Crippen LogP contribution in [0, 0.1) is 5.82 Å². The van der Waals surface area contributed by atoms with Crippen molar-refractivity contribution in [2.75, 3.05) is 0 Å². The number of halogens is 2. The Bertz CT molecular complexity index is 709. The maximum Gasteiger partial charge on any atom is 0.128 e. The minimum atomic E-state index is -0.225. The van der Waals surface area contributed by atoms with E-state index in [4.69, 9.17) is 11.6 Å². The number of hydrogen-bond donors (Lipinski definition) is 0. The highest BCUT2D eigenvalue weighted by atomic mass is 35.5. The van der Waals surface area contributed by atoms with Crippen LogP contribution in [0.25, 0.3) is 10.6 Å². The molecular formula is C14H11ClFN3S. The van der Waals surface area contributed by atoms with Crippen molar-refractivity contribution in [3.8, 4) is 10.6 Å². The van der Waals surface area contributed by atoms with Gasteiger partial charge >= 0.3 is 0 Å². The van der Waals surface area contributed by atoms with E-state index in [0.29, 0.717) is 18.0 Å². The molecule has 0 saturated carbocycles. The average molecular weight is 308 g/mol. The molecular weight excluding hydrogens is 297 g/mol. The van der Waals surface area contributed by atoms with E-state index in [1.807, 2.05) is 16.0 Å². The maximum atomic E-state index is 13.9. The lowest BCUT2D eigenvalue weighted by atomic mass is 10.1. The number of thiazole rings is 1. The second-order valence-electron chi connectivity index (χ2n) is 4.32. The highest BCUT2D eigenvalue weighted by molar-refractivity contribution is 7.13. The molecule has 0 radical (unpaired) electrons. The Hall–Kier alpha value is -1.72. The predicted molar refractivity (Wildman–Crippen MR) is 78.4 cm³/mol. The largest absolute Gasteiger partial charge is 0.333 e. The van der Waals surface area contributed by atoms with Gasteiger partial charge in [-0.15, -0.1) is 22.9 Å². The van der Waals surface area contributed by atoms with Crippen molar-refractivity contribution >= 4 is 22.9 Å². The summed E-state index contributed by atoms with van der Waals surface area (Å²) >= 11 is 7.27. The third-order valence-corrected chi connectivity index (χ3v) is 4.11. The van der Waals surface area contributed by atoms with Crippen LogP contribution in [-0.4, -0.2) is 14.5 Å². The first kappa shape index (κ1) is 13.3. The van der Waals surface area contributed by atoms with Crippen LogP contribution in [0.1, 0.15) is 11.3 Å². The minimum absolute atomic E-state index is 0.225. The van der Waals surface area contributed by atoms with Crippen molar-refractivity contribution in [3.63, 3.8) is 0 Å². The van der Waals surface area contributed by atoms with Crippen LogP contribution in [0.5, 0.6) is 0 Å². The lowest BCUT2D eigenvalue weighted by molar-refractivity contribution is 0.599. The van der Waals surface area contributed by atoms with E-state index in [2.05, 4.69) is 9.97 Å². The Labute approximate surface area is 124 Å². The first-order valence-electron chi connectivity index (χ1n) is 6.01. The van der Waals surface area contributed by atoms with Gasteiger partial charge < -0.3 is 4.57 Å². The second kappa shape index (κ2) is 5.73. The Balaban J connectivity index is 1.93. The molecule has 0 amide bonds. The SMILES string of the molecule is Fc1ccc(-c2nc(CCl)cs2)cc1Cn1ccnc1. The molecule has 0 aliphatic heterocycles. The summed E-state index contributed by atoms with van der Waals surface area (Å²) in [5.41, 5.74) is 2.36. The second-order valence-corrected chi connectivity index (χ2v) is 5.44. The monoisotopic (exact) mass is 307 g/mol. The summed E-state index contributed by atoms with van der Waals surface area (Å²) < 4.78 is 15.7. The zero-order chi connectivity index (χ0) is 13.9. The molecule has 6 heteroatoms. The molecule has 0 aliphatic carbocycles. The molecule has 1 aromatic carbocycles. The lowest BCUT2D eigenvalue weighted by Gasteiger charge is -2.06. The Morgan fingerprint density at radius 2 is 2.25 bits per heavy atom. The molecule has 0 aliphatic rings. The van der Waals surface area contributed by atoms with E-state index in [0.717, 1.165) is 16.3 Å². The van der Waals surface area contributed by atoms with Gasteiger partial charge in [-0.05, 0) is 18.2 Å². The number of imidazole rings is 1. The van der Waals surface area contributed by atoms with Gasteiger partial charge in [0.15, 0.2) is 0 Å². The van der Waals surface area contributed by atoms with E-state index < -0.39 is 0 Å². The van der Waals surface area contributed by atoms with Crippen molar-refractivity contribution in [3.05, 3.63) is 59.4 Å². The van der Waals surface area contributed by atoms with Gasteiger partial charge in [-0.2, -0.15) is 0 Å². The summed E-state index contributed by atoms with van der Waals surface area (Å²) in [5.74, 6) is 0.163. The zero-order valence-corrected chi connectivity index (χ0v) is 12.0. The van der Waals surface area contributed by atoms with Gasteiger partial charge in [0.25, 0.3) is 0 Å². The molecule has 0 unspecified atom stereocenters. The van der Waals surface area contributed by atoms with Gasteiger partial charge in [0.05, 0.1) is 24.4 Å². The molecule has 102 valence electrons. The number of rotatable bonds is 4. The van der Waals surface area contributed by atoms with Crippen molar-refractivity contribution < 1.29 is 4.39 Å². The fourth-order valence-electron chi connectivity index (χ4n) is 1.91. The molecule has 0 saturated heterocycles. The molecule has 0 spiro atoms. The molecule has 0 atom stereocenters. The molecule has 2 aromatic heterocycles. The predicted octanol–water partition coefficient (Wildman–Crippen LogP) is 3.93. The minimum Gasteiger partial charge on any atom is -0.333 e. The van der Waals surface area contributed by atoms with Crippen LogP contribution < -0.4 is 0 Å². The van der Waals surface area contributed by atoms with Gasteiger partial charge in [-0.1, -0.05) is 0 Å². The fraction of sp³-hybridized carbons (Fsp3) is 0.143. The van der Waals surface area contributed by atoms with Gasteiger partial charge in [0, 0.05) is 28.9 Å². The first-order chi connectivity index (χ1) is 9.76. The molecule has 2 heterocycles. The van der Waals surface area contributed by atoms with E-state index in [-0.39, 0.29) is 5.82 Å². The zero-order valence-electron chi connectivity index (χ0n) is 10.5. The van der Waals surface area contributed by atoms with Crippen molar-refractivity contribution in [1.29, 1.82) is 0 Å². The smallest absolute Gasteiger partial charge is 0.128 e. The summed E-state index contributed by atoms with van der Waals surface area (Å²) in [5, 5.41) is 2.77. The molecule has 0 bridgehead atoms. The van der Waals surface area contributed by atoms with E-state index in [9.17, 15) is 4.39 Å². The quantitative estimate of drug-likeness (QED) is 0.684. The standard InChI is InChI=1S/C14H11ClFN3S/c15-6-12-8-20-14(18-12)10-1-2-13(16)11(5-10)7-19-4-3-17-9-19/h1-5,8-9H,6-7H2. The van der Waals surface area contributed by atoms with Gasteiger partial charge in [-0.3, -0.25) is 0 Å². The number of aromatic nitrogens is 3. The molecule has 3 rings (SSSR count). The number of alkyl halides is 1. The summed E-state index contributed by atoms with van der Waals surface area (Å²) in [6.45, 7) is 0.452. The van der Waals surface area contributed by atoms with Crippen LogP contribution in [0.15, 0.2) is 42.3 Å². The van der Waals surface area contributed by atoms with Gasteiger partial charge in [0.2, 0.25) is 0 Å². The summed E-state index contributed by atoms with van der Waals surface area (Å²) in [7, 11) is 0. The van der Waals surface area contributed by atoms with Crippen molar-refractivity contribution in [2.24, 2.45) is 0 Å². The Kier molecular flexibility index (Phi) is 3.80. The third-order valence-electron chi connectivity index (χ3n) is 2.89. The number of benzene rings is 1. The van der Waals surface area contributed by atoms with E-state index in [1.165, 1.54) is 17.4 Å². The van der Waals surface area contributed by atoms with Crippen molar-refractivity contribution in [2.45, 2.75) is 12.4 Å². The Morgan fingerprint density at radius 1 is 1.35 bits per heavy atom. The van der Waals surface area contributed by atoms with E-state index in [1.54, 1.807) is 24.8 Å². The molecule has 0 fully saturated rings. The topological polar surface area (TPSA) is 30.7 Å². The summed E-state index contributed by atoms with van der Waals surface area (Å²) in [6.07, 6.45) is 5.15. The average Bonchev–Trinajstić information content (AvgIpc) is 3.12. The Morgan fingerprint density at radius 3 is 2.95 bits per heavy atom. The van der Waals surface area contributed by atoms with Crippen LogP contribution in [0.3, 0.4) is 0 Å². The van der Waals surface area contributed by atoms with Crippen LogP contribution in [-0.2, 0) is 12.4 Å². The molecule has 0 N–H and O–H groups in total. The van der Waals surface area contributed by atoms with Crippen LogP contribution in [0.4, 0.5) is 4.39 Å². The van der Waals surface area contributed by atoms with Gasteiger partial charge in [0.1, 0.15) is 10.8 Å². The maximum absolute atomic E-state index is 13.9. The van der Waals surface area contributed by atoms with Crippen LogP contribution >= 0.6 is 22.9 Å². The van der Waals surface area contributed by atoms with Crippen LogP contribution in [0.2, 0.25) is 0 Å². The fourth-order valence-corrected chi connectivity index (χ4v) is 2.95. The van der Waals surface area contributed by atoms with Gasteiger partial charge in [-0.25, -0.2) is 14.4 Å². The summed E-state index contributed by atoms with van der Waals surface area (Å²) in [6, 6.07) is 5.04. The number of hydrogen-bond acceptors (Lipinski definition) is 3. The summed E-state index contributed by atoms with van der Waals surface area (Å²) in [4.78, 5) is 8.37. The van der Waals surface area contributed by atoms with Crippen molar-refractivity contribution in [1.82, 2.24) is 14.5 Å². The molecule has 3 nitrogen and oxygen atoms in total. The number of nitrogens with zero attached hydrogens (tertiary/aromatic N) is 3. The first-order valence-corrected chi connectivity index (χ1v) is 7.42. The lowest BCUT2D eigenvalue weighted by Crippen LogP contribution is -1.99. The highest BCUT2D eigenvalue weighted by Crippen LogP contribution is 2.26. The molecule has 20 heavy (non-hydrogen) atoms. The molecule has 3 aromatic rings. The van der Waals surface area contributed by atoms with E-state index >= 15 is 0 Å². The third kappa shape index (κ3) is 2.73. The highest BCUT2D eigenvalue weighted by Gasteiger charge is 2.09. The normalized spacial score (nSPS) is 10.9.